The van der Waals surface area contributed by atoms with E-state index in [0.717, 1.165) is 11.8 Å². The van der Waals surface area contributed by atoms with Gasteiger partial charge < -0.3 is 25.9 Å². The molecule has 1 aromatic heterocycles. The molecule has 31 heavy (non-hydrogen) atoms. The number of nitrogens with two attached hydrogens (primary N) is 1. The van der Waals surface area contributed by atoms with E-state index in [1.807, 2.05) is 0 Å². The molecule has 1 aromatic rings. The molecule has 0 saturated carbocycles. The molecule has 14 heteroatoms. The number of hydrogen-bond acceptors (Lipinski definition) is 11. The number of thioether (sulfide) groups is 2. The molecular formula is C17H20N6O6S2. The van der Waals surface area contributed by atoms with Crippen LogP contribution >= 0.6 is 23.5 Å². The maximum atomic E-state index is 12.7. The van der Waals surface area contributed by atoms with Crippen LogP contribution in [-0.4, -0.2) is 85.2 Å². The molecule has 0 bridgehead atoms. The van der Waals surface area contributed by atoms with Crippen LogP contribution in [0.1, 0.15) is 12.7 Å². The molecule has 3 rings (SSSR count). The molecule has 2 amide bonds. The number of nitrogen functional groups attached to an aromatic ring is 1. The Bertz CT molecular complexity index is 959. The number of β-lactam (4-membered cyclic amide) rings is 1. The number of hydrogen-bond donors (Lipinski definition) is 3. The van der Waals surface area contributed by atoms with Crippen molar-refractivity contribution in [3.63, 3.8) is 0 Å². The third kappa shape index (κ3) is 4.58. The SMILES string of the molecule is CON=C(C(=O)NC1C(=O)N2CC(CSC(C)=O)(C(=O)O)CS[C@H]12)c1nccc(N)n1. The van der Waals surface area contributed by atoms with Gasteiger partial charge in [0.05, 0.1) is 0 Å². The van der Waals surface area contributed by atoms with Gasteiger partial charge in [0.15, 0.2) is 10.9 Å². The zero-order chi connectivity index (χ0) is 22.8. The molecule has 0 radical (unpaired) electrons. The maximum Gasteiger partial charge on any atom is 0.313 e. The van der Waals surface area contributed by atoms with Crippen LogP contribution in [0.15, 0.2) is 17.4 Å². The Morgan fingerprint density at radius 2 is 2.26 bits per heavy atom. The van der Waals surface area contributed by atoms with Crippen molar-refractivity contribution in [2.45, 2.75) is 18.3 Å². The number of aliphatic carboxylic acids is 1. The van der Waals surface area contributed by atoms with Crippen molar-refractivity contribution in [3.05, 3.63) is 18.1 Å². The Labute approximate surface area is 185 Å². The third-order valence-electron chi connectivity index (χ3n) is 4.72. The zero-order valence-corrected chi connectivity index (χ0v) is 18.2. The van der Waals surface area contributed by atoms with Crippen molar-refractivity contribution >= 4 is 58.0 Å². The minimum Gasteiger partial charge on any atom is -0.481 e. The first-order valence-corrected chi connectivity index (χ1v) is 11.0. The standard InChI is InChI=1S/C17H20N6O6S2/c1-8(24)30-6-17(16(27)28)5-23-14(26)11(15(23)31-7-17)21-13(25)10(22-29-2)12-19-4-3-9(18)20-12/h3-4,11,15H,5-7H2,1-2H3,(H,21,25)(H,27,28)(H2,18,19,20)/t11?,15-,17?/m1/s1. The highest BCUT2D eigenvalue weighted by Crippen LogP contribution is 2.43. The number of oxime groups is 1. The molecular weight excluding hydrogens is 448 g/mol. The summed E-state index contributed by atoms with van der Waals surface area (Å²) in [6, 6.07) is 0.574. The minimum atomic E-state index is -1.24. The van der Waals surface area contributed by atoms with Gasteiger partial charge in [-0.3, -0.25) is 19.2 Å². The fourth-order valence-corrected chi connectivity index (χ4v) is 5.58. The van der Waals surface area contributed by atoms with E-state index in [9.17, 15) is 24.3 Å². The quantitative estimate of drug-likeness (QED) is 0.258. The van der Waals surface area contributed by atoms with Gasteiger partial charge in [0, 0.05) is 31.2 Å². The highest BCUT2D eigenvalue weighted by atomic mass is 32.2. The first kappa shape index (κ1) is 22.8. The van der Waals surface area contributed by atoms with Crippen LogP contribution in [0.4, 0.5) is 5.82 Å². The lowest BCUT2D eigenvalue weighted by molar-refractivity contribution is -0.157. The van der Waals surface area contributed by atoms with E-state index in [4.69, 9.17) is 10.6 Å². The van der Waals surface area contributed by atoms with Crippen LogP contribution in [0.5, 0.6) is 0 Å². The van der Waals surface area contributed by atoms with Gasteiger partial charge >= 0.3 is 5.97 Å². The lowest BCUT2D eigenvalue weighted by Gasteiger charge is -2.53. The molecule has 4 N–H and O–H groups in total. The number of carbonyl (C=O) groups is 4. The highest BCUT2D eigenvalue weighted by molar-refractivity contribution is 8.13. The lowest BCUT2D eigenvalue weighted by atomic mass is 9.89. The summed E-state index contributed by atoms with van der Waals surface area (Å²) < 4.78 is 0. The van der Waals surface area contributed by atoms with Crippen molar-refractivity contribution in [2.24, 2.45) is 10.6 Å². The third-order valence-corrected chi connectivity index (χ3v) is 7.41. The molecule has 0 aromatic carbocycles. The van der Waals surface area contributed by atoms with Gasteiger partial charge in [-0.1, -0.05) is 16.9 Å². The number of carbonyl (C=O) groups excluding carboxylic acids is 3. The van der Waals surface area contributed by atoms with E-state index in [1.54, 1.807) is 0 Å². The van der Waals surface area contributed by atoms with Gasteiger partial charge in [0.25, 0.3) is 5.91 Å². The summed E-state index contributed by atoms with van der Waals surface area (Å²) in [6.45, 7) is 1.32. The van der Waals surface area contributed by atoms with Crippen LogP contribution in [0.3, 0.4) is 0 Å². The monoisotopic (exact) mass is 468 g/mol. The van der Waals surface area contributed by atoms with Crippen LogP contribution in [0, 0.1) is 5.41 Å². The Hall–Kier alpha value is -2.87. The average molecular weight is 469 g/mol. The molecule has 3 heterocycles. The normalized spacial score (nSPS) is 25.3. The molecule has 2 aliphatic heterocycles. The number of rotatable bonds is 7. The average Bonchev–Trinajstić information content (AvgIpc) is 2.73. The summed E-state index contributed by atoms with van der Waals surface area (Å²) in [6.07, 6.45) is 1.36. The second-order valence-corrected chi connectivity index (χ2v) is 9.17. The molecule has 2 fully saturated rings. The Morgan fingerprint density at radius 1 is 1.52 bits per heavy atom. The van der Waals surface area contributed by atoms with E-state index >= 15 is 0 Å². The molecule has 12 nitrogen and oxygen atoms in total. The number of fused-ring (bicyclic) bond motifs is 1. The van der Waals surface area contributed by atoms with Crippen molar-refractivity contribution in [3.8, 4) is 0 Å². The van der Waals surface area contributed by atoms with Crippen LogP contribution in [0.25, 0.3) is 0 Å². The molecule has 0 spiro atoms. The van der Waals surface area contributed by atoms with E-state index < -0.39 is 34.6 Å². The Balaban J connectivity index is 1.71. The van der Waals surface area contributed by atoms with E-state index in [2.05, 4.69) is 20.4 Å². The van der Waals surface area contributed by atoms with Crippen LogP contribution in [0.2, 0.25) is 0 Å². The topological polar surface area (TPSA) is 177 Å². The van der Waals surface area contributed by atoms with Gasteiger partial charge in [0.2, 0.25) is 11.6 Å². The predicted molar refractivity (Wildman–Crippen MR) is 113 cm³/mol. The van der Waals surface area contributed by atoms with Gasteiger partial charge in [-0.2, -0.15) is 0 Å². The van der Waals surface area contributed by atoms with Crippen LogP contribution < -0.4 is 11.1 Å². The molecule has 0 aliphatic carbocycles. The van der Waals surface area contributed by atoms with Gasteiger partial charge in [-0.05, 0) is 6.07 Å². The number of carboxylic acid groups (broad SMARTS) is 1. The Morgan fingerprint density at radius 3 is 2.87 bits per heavy atom. The first-order valence-electron chi connectivity index (χ1n) is 8.98. The smallest absolute Gasteiger partial charge is 0.313 e. The minimum absolute atomic E-state index is 0.0389. The van der Waals surface area contributed by atoms with Gasteiger partial charge in [-0.15, -0.1) is 11.8 Å². The second-order valence-electron chi connectivity index (χ2n) is 6.91. The second kappa shape index (κ2) is 9.09. The summed E-state index contributed by atoms with van der Waals surface area (Å²) in [4.78, 5) is 62.5. The van der Waals surface area contributed by atoms with Crippen LogP contribution in [-0.2, 0) is 24.0 Å². The van der Waals surface area contributed by atoms with Crippen molar-refractivity contribution < 1.29 is 29.1 Å². The fraction of sp³-hybridized carbons (Fsp3) is 0.471. The lowest BCUT2D eigenvalue weighted by Crippen LogP contribution is -2.74. The van der Waals surface area contributed by atoms with E-state index in [-0.39, 0.29) is 40.5 Å². The first-order chi connectivity index (χ1) is 14.7. The fourth-order valence-electron chi connectivity index (χ4n) is 3.12. The van der Waals surface area contributed by atoms with Crippen molar-refractivity contribution in [1.29, 1.82) is 0 Å². The van der Waals surface area contributed by atoms with Gasteiger partial charge in [-0.25, -0.2) is 9.97 Å². The molecule has 2 saturated heterocycles. The zero-order valence-electron chi connectivity index (χ0n) is 16.6. The molecule has 2 unspecified atom stereocenters. The number of nitrogens with zero attached hydrogens (tertiary/aromatic N) is 4. The number of nitrogens with one attached hydrogen (secondary N) is 1. The molecule has 166 valence electrons. The van der Waals surface area contributed by atoms with E-state index in [0.29, 0.717) is 0 Å². The summed E-state index contributed by atoms with van der Waals surface area (Å²) >= 11 is 2.16. The largest absolute Gasteiger partial charge is 0.481 e. The van der Waals surface area contributed by atoms with Gasteiger partial charge in [0.1, 0.15) is 29.8 Å². The van der Waals surface area contributed by atoms with Crippen molar-refractivity contribution in [2.75, 3.05) is 30.9 Å². The summed E-state index contributed by atoms with van der Waals surface area (Å²) in [5, 5.41) is 15.3. The molecule has 3 atom stereocenters. The predicted octanol–water partition coefficient (Wildman–Crippen LogP) is -0.840. The van der Waals surface area contributed by atoms with Crippen molar-refractivity contribution in [1.82, 2.24) is 20.2 Å². The van der Waals surface area contributed by atoms with E-state index in [1.165, 1.54) is 43.0 Å². The molecule has 2 aliphatic rings. The highest BCUT2D eigenvalue weighted by Gasteiger charge is 2.57. The number of amides is 2. The Kier molecular flexibility index (Phi) is 6.69. The summed E-state index contributed by atoms with van der Waals surface area (Å²) in [7, 11) is 1.25. The summed E-state index contributed by atoms with van der Waals surface area (Å²) in [5.41, 5.74) is 4.13. The number of carboxylic acids is 1. The number of anilines is 1. The summed E-state index contributed by atoms with van der Waals surface area (Å²) in [5.74, 6) is -1.89. The number of aromatic nitrogens is 2. The maximum absolute atomic E-state index is 12.7.